The van der Waals surface area contributed by atoms with E-state index in [0.717, 1.165) is 61.9 Å². The maximum Gasteiger partial charge on any atom is 0.137 e. The van der Waals surface area contributed by atoms with Gasteiger partial charge in [-0.15, -0.1) is 0 Å². The normalized spacial score (nSPS) is 14.2. The minimum atomic E-state index is -0.480. The van der Waals surface area contributed by atoms with Crippen LogP contribution in [0, 0.1) is 0 Å². The van der Waals surface area contributed by atoms with Crippen molar-refractivity contribution in [2.45, 2.75) is 24.7 Å². The topological polar surface area (TPSA) is 12.5 Å². The molecule has 328 valence electrons. The first kappa shape index (κ1) is 39.3. The Morgan fingerprint density at radius 1 is 0.286 bits per heavy atom. The van der Waals surface area contributed by atoms with Gasteiger partial charge in [-0.2, -0.15) is 0 Å². The van der Waals surface area contributed by atoms with Gasteiger partial charge in [0.2, 0.25) is 0 Å². The van der Waals surface area contributed by atoms with Gasteiger partial charge in [0.15, 0.2) is 0 Å². The van der Waals surface area contributed by atoms with Crippen LogP contribution in [-0.2, 0) is 10.8 Å². The summed E-state index contributed by atoms with van der Waals surface area (Å²) in [7, 11) is 0. The number of ether oxygens (including phenoxy) is 1. The van der Waals surface area contributed by atoms with Gasteiger partial charge in [0.05, 0.1) is 5.41 Å². The van der Waals surface area contributed by atoms with E-state index in [1.165, 1.54) is 77.5 Å². The average molecular weight is 892 g/mol. The summed E-state index contributed by atoms with van der Waals surface area (Å²) >= 11 is 0. The van der Waals surface area contributed by atoms with Gasteiger partial charge >= 0.3 is 0 Å². The lowest BCUT2D eigenvalue weighted by molar-refractivity contribution is 0.488. The van der Waals surface area contributed by atoms with E-state index in [4.69, 9.17) is 4.74 Å². The molecule has 11 aromatic carbocycles. The Morgan fingerprint density at radius 2 is 0.700 bits per heavy atom. The van der Waals surface area contributed by atoms with Crippen LogP contribution in [0.5, 0.6) is 11.5 Å². The number of nitrogens with zero attached hydrogens (tertiary/aromatic N) is 1. The maximum absolute atomic E-state index is 7.33. The zero-order valence-electron chi connectivity index (χ0n) is 38.9. The van der Waals surface area contributed by atoms with Crippen molar-refractivity contribution in [3.63, 3.8) is 0 Å². The second-order valence-corrected chi connectivity index (χ2v) is 20.0. The van der Waals surface area contributed by atoms with Crippen molar-refractivity contribution >= 4 is 27.8 Å². The SMILES string of the molecule is CC1(C)c2ccccc2-c2ccc(N(c3ccc4c(c3)Oc3cc(-c5ccccc5)ccc3-c3cc5ccccc5cc3-4)c3ccc4c(c3)C3(c5ccccc5-c5ccccc53)c3ccccc3-4)cc21. The summed E-state index contributed by atoms with van der Waals surface area (Å²) in [5.41, 5.74) is 25.1. The van der Waals surface area contributed by atoms with E-state index in [9.17, 15) is 0 Å². The molecular weight excluding hydrogens is 847 g/mol. The molecule has 1 spiro atoms. The monoisotopic (exact) mass is 891 g/mol. The lowest BCUT2D eigenvalue weighted by Gasteiger charge is -2.32. The highest BCUT2D eigenvalue weighted by Crippen LogP contribution is 2.64. The third-order valence-corrected chi connectivity index (χ3v) is 16.1. The highest BCUT2D eigenvalue weighted by atomic mass is 16.5. The summed E-state index contributed by atoms with van der Waals surface area (Å²) in [6.07, 6.45) is 0. The molecule has 11 aromatic rings. The van der Waals surface area contributed by atoms with Crippen LogP contribution in [0.1, 0.15) is 47.2 Å². The van der Waals surface area contributed by atoms with Crippen molar-refractivity contribution < 1.29 is 4.74 Å². The number of hydrogen-bond acceptors (Lipinski definition) is 2. The van der Waals surface area contributed by atoms with Crippen LogP contribution >= 0.6 is 0 Å². The first-order valence-electron chi connectivity index (χ1n) is 24.5. The summed E-state index contributed by atoms with van der Waals surface area (Å²) in [5, 5.41) is 2.41. The molecule has 0 radical (unpaired) electrons. The summed E-state index contributed by atoms with van der Waals surface area (Å²) < 4.78 is 7.33. The quantitative estimate of drug-likeness (QED) is 0.175. The highest BCUT2D eigenvalue weighted by Gasteiger charge is 2.51. The Bertz CT molecular complexity index is 3960. The Labute approximate surface area is 408 Å². The molecule has 3 aliphatic carbocycles. The third kappa shape index (κ3) is 5.33. The van der Waals surface area contributed by atoms with E-state index in [1.54, 1.807) is 0 Å². The van der Waals surface area contributed by atoms with Crippen LogP contribution in [0.3, 0.4) is 0 Å². The predicted molar refractivity (Wildman–Crippen MR) is 289 cm³/mol. The molecule has 0 saturated carbocycles. The van der Waals surface area contributed by atoms with E-state index < -0.39 is 5.41 Å². The smallest absolute Gasteiger partial charge is 0.137 e. The van der Waals surface area contributed by atoms with Gasteiger partial charge in [0.25, 0.3) is 0 Å². The molecule has 0 amide bonds. The molecule has 15 rings (SSSR count). The fourth-order valence-corrected chi connectivity index (χ4v) is 12.9. The van der Waals surface area contributed by atoms with Crippen LogP contribution < -0.4 is 9.64 Å². The van der Waals surface area contributed by atoms with Crippen LogP contribution in [0.15, 0.2) is 237 Å². The number of anilines is 3. The standard InChI is InChI=1S/C68H45NO/c1-67(2)59-24-12-8-20-49(59)53-33-29-46(39-63(53)67)69(47-30-34-54-52-23-11-15-27-62(52)68(64(54)40-47)60-25-13-9-21-50(60)51-22-10-14-26-61(51)68)48-31-35-56-58-37-44-19-7-6-18-43(44)36-57(58)55-32-28-45(42-16-4-3-5-17-42)38-65(55)70-66(56)41-48/h3-41H,1-2H3. The molecule has 0 atom stereocenters. The van der Waals surface area contributed by atoms with E-state index in [-0.39, 0.29) is 5.41 Å². The van der Waals surface area contributed by atoms with Gasteiger partial charge in [-0.05, 0) is 160 Å². The first-order chi connectivity index (χ1) is 34.4. The maximum atomic E-state index is 7.33. The molecule has 0 aromatic heterocycles. The molecule has 0 bridgehead atoms. The van der Waals surface area contributed by atoms with Gasteiger partial charge in [-0.1, -0.05) is 184 Å². The number of hydrogen-bond donors (Lipinski definition) is 0. The van der Waals surface area contributed by atoms with Crippen molar-refractivity contribution in [2.75, 3.05) is 4.90 Å². The zero-order chi connectivity index (χ0) is 46.3. The summed E-state index contributed by atoms with van der Waals surface area (Å²) in [4.78, 5) is 2.47. The number of fused-ring (bicyclic) bond motifs is 19. The Kier molecular flexibility index (Phi) is 8.08. The third-order valence-electron chi connectivity index (χ3n) is 16.1. The van der Waals surface area contributed by atoms with E-state index in [1.807, 2.05) is 0 Å². The van der Waals surface area contributed by atoms with Gasteiger partial charge in [-0.3, -0.25) is 0 Å². The summed E-state index contributed by atoms with van der Waals surface area (Å²) in [6, 6.07) is 88.0. The fourth-order valence-electron chi connectivity index (χ4n) is 12.9. The molecule has 0 unspecified atom stereocenters. The molecule has 0 fully saturated rings. The fraction of sp³-hybridized carbons (Fsp3) is 0.0588. The van der Waals surface area contributed by atoms with Gasteiger partial charge in [0.1, 0.15) is 11.5 Å². The van der Waals surface area contributed by atoms with Crippen molar-refractivity contribution in [3.8, 4) is 78.3 Å². The second-order valence-electron chi connectivity index (χ2n) is 20.0. The molecule has 70 heavy (non-hydrogen) atoms. The van der Waals surface area contributed by atoms with Gasteiger partial charge < -0.3 is 9.64 Å². The molecule has 1 heterocycles. The molecule has 4 aliphatic rings. The molecule has 2 heteroatoms. The number of rotatable bonds is 4. The minimum Gasteiger partial charge on any atom is -0.456 e. The second kappa shape index (κ2) is 14.4. The van der Waals surface area contributed by atoms with Crippen LogP contribution in [0.25, 0.3) is 77.5 Å². The lowest BCUT2D eigenvalue weighted by atomic mass is 9.70. The highest BCUT2D eigenvalue weighted by molar-refractivity contribution is 6.01. The van der Waals surface area contributed by atoms with Crippen LogP contribution in [-0.4, -0.2) is 0 Å². The van der Waals surface area contributed by atoms with Crippen molar-refractivity contribution in [1.29, 1.82) is 0 Å². The predicted octanol–water partition coefficient (Wildman–Crippen LogP) is 18.1. The van der Waals surface area contributed by atoms with Gasteiger partial charge in [-0.25, -0.2) is 0 Å². The zero-order valence-corrected chi connectivity index (χ0v) is 38.9. The molecule has 0 N–H and O–H groups in total. The number of benzene rings is 11. The molecule has 1 aliphatic heterocycles. The average Bonchev–Trinajstić information content (AvgIpc) is 3.93. The summed E-state index contributed by atoms with van der Waals surface area (Å²) in [6.45, 7) is 4.74. The van der Waals surface area contributed by atoms with E-state index in [2.05, 4.69) is 255 Å². The van der Waals surface area contributed by atoms with Crippen molar-refractivity contribution in [2.24, 2.45) is 0 Å². The van der Waals surface area contributed by atoms with E-state index in [0.29, 0.717) is 0 Å². The largest absolute Gasteiger partial charge is 0.456 e. The lowest BCUT2D eigenvalue weighted by Crippen LogP contribution is -2.26. The van der Waals surface area contributed by atoms with Crippen molar-refractivity contribution in [1.82, 2.24) is 0 Å². The van der Waals surface area contributed by atoms with E-state index >= 15 is 0 Å². The summed E-state index contributed by atoms with van der Waals surface area (Å²) in [5.74, 6) is 1.66. The van der Waals surface area contributed by atoms with Crippen LogP contribution in [0.2, 0.25) is 0 Å². The van der Waals surface area contributed by atoms with Crippen LogP contribution in [0.4, 0.5) is 17.1 Å². The van der Waals surface area contributed by atoms with Gasteiger partial charge in [0, 0.05) is 39.7 Å². The molecule has 2 nitrogen and oxygen atoms in total. The Morgan fingerprint density at radius 3 is 1.29 bits per heavy atom. The van der Waals surface area contributed by atoms with Crippen molar-refractivity contribution in [3.05, 3.63) is 270 Å². The minimum absolute atomic E-state index is 0.182. The Balaban J connectivity index is 0.977. The first-order valence-corrected chi connectivity index (χ1v) is 24.5. The molecular formula is C68H45NO. The molecule has 0 saturated heterocycles. The Hall–Kier alpha value is -8.72.